The summed E-state index contributed by atoms with van der Waals surface area (Å²) >= 11 is 0. The number of rotatable bonds is 3. The Labute approximate surface area is 115 Å². The van der Waals surface area contributed by atoms with E-state index in [2.05, 4.69) is 28.7 Å². The van der Waals surface area contributed by atoms with E-state index < -0.39 is 0 Å². The van der Waals surface area contributed by atoms with Gasteiger partial charge in [-0.05, 0) is 24.7 Å². The molecule has 1 N–H and O–H groups in total. The molecule has 0 aromatic carbocycles. The van der Waals surface area contributed by atoms with Crippen LogP contribution in [0.1, 0.15) is 50.9 Å². The Morgan fingerprint density at radius 2 is 2.37 bits per heavy atom. The maximum absolute atomic E-state index is 5.89. The van der Waals surface area contributed by atoms with Gasteiger partial charge in [-0.25, -0.2) is 4.98 Å². The molecule has 4 unspecified atom stereocenters. The Hall–Kier alpha value is -0.870. The molecule has 1 aliphatic carbocycles. The van der Waals surface area contributed by atoms with Crippen LogP contribution in [0.15, 0.2) is 12.5 Å². The quantitative estimate of drug-likeness (QED) is 0.911. The van der Waals surface area contributed by atoms with Crippen molar-refractivity contribution in [1.29, 1.82) is 0 Å². The first-order chi connectivity index (χ1) is 9.31. The van der Waals surface area contributed by atoms with Crippen molar-refractivity contribution in [3.05, 3.63) is 18.2 Å². The summed E-state index contributed by atoms with van der Waals surface area (Å²) in [7, 11) is 0. The van der Waals surface area contributed by atoms with Gasteiger partial charge in [-0.3, -0.25) is 0 Å². The first kappa shape index (κ1) is 13.1. The molecule has 0 bridgehead atoms. The molecule has 0 spiro atoms. The summed E-state index contributed by atoms with van der Waals surface area (Å²) in [6, 6.07) is 0.605. The van der Waals surface area contributed by atoms with Crippen LogP contribution < -0.4 is 5.32 Å². The molecular formula is C15H25N3O. The van der Waals surface area contributed by atoms with E-state index in [0.717, 1.165) is 31.5 Å². The largest absolute Gasteiger partial charge is 0.369 e. The number of imidazole rings is 1. The van der Waals surface area contributed by atoms with Crippen LogP contribution in [0.25, 0.3) is 0 Å². The zero-order chi connectivity index (χ0) is 13.2. The molecule has 1 saturated heterocycles. The van der Waals surface area contributed by atoms with Crippen molar-refractivity contribution in [2.45, 2.75) is 45.3 Å². The molecule has 2 fully saturated rings. The minimum atomic E-state index is 0.170. The molecule has 0 radical (unpaired) electrons. The molecule has 0 amide bonds. The first-order valence-corrected chi connectivity index (χ1v) is 7.65. The number of morpholine rings is 1. The van der Waals surface area contributed by atoms with Gasteiger partial charge in [0.1, 0.15) is 6.10 Å². The summed E-state index contributed by atoms with van der Waals surface area (Å²) in [5.74, 6) is 1.61. The topological polar surface area (TPSA) is 39.1 Å². The number of aromatic nitrogens is 2. The number of nitrogens with zero attached hydrogens (tertiary/aromatic N) is 2. The molecule has 1 aliphatic heterocycles. The maximum atomic E-state index is 5.89. The second kappa shape index (κ2) is 5.63. The zero-order valence-corrected chi connectivity index (χ0v) is 12.0. The summed E-state index contributed by atoms with van der Waals surface area (Å²) in [6.45, 7) is 7.38. The molecule has 1 aromatic heterocycles. The van der Waals surface area contributed by atoms with E-state index in [-0.39, 0.29) is 6.10 Å². The van der Waals surface area contributed by atoms with Crippen LogP contribution in [-0.4, -0.2) is 29.2 Å². The normalized spacial score (nSPS) is 35.7. The van der Waals surface area contributed by atoms with E-state index in [1.807, 2.05) is 12.5 Å². The third kappa shape index (κ3) is 2.43. The van der Waals surface area contributed by atoms with Crippen LogP contribution in [0.5, 0.6) is 0 Å². The molecule has 4 atom stereocenters. The van der Waals surface area contributed by atoms with Gasteiger partial charge in [0.15, 0.2) is 0 Å². The van der Waals surface area contributed by atoms with Gasteiger partial charge in [0.2, 0.25) is 0 Å². The Morgan fingerprint density at radius 1 is 1.47 bits per heavy atom. The van der Waals surface area contributed by atoms with E-state index >= 15 is 0 Å². The van der Waals surface area contributed by atoms with Crippen molar-refractivity contribution in [2.24, 2.45) is 11.8 Å². The predicted molar refractivity (Wildman–Crippen MR) is 75.0 cm³/mol. The molecule has 1 saturated carbocycles. The van der Waals surface area contributed by atoms with Crippen LogP contribution in [0.2, 0.25) is 0 Å². The predicted octanol–water partition coefficient (Wildman–Crippen LogP) is 2.54. The lowest BCUT2D eigenvalue weighted by Gasteiger charge is -2.28. The van der Waals surface area contributed by atoms with Crippen molar-refractivity contribution in [2.75, 3.05) is 19.7 Å². The standard InChI is InChI=1S/C15H25N3O/c1-3-12-4-5-13(11(12)2)18-10-17-8-14(18)15-9-16-6-7-19-15/h8,10-13,15-16H,3-7,9H2,1-2H3. The monoisotopic (exact) mass is 263 g/mol. The van der Waals surface area contributed by atoms with Gasteiger partial charge >= 0.3 is 0 Å². The molecule has 106 valence electrons. The molecule has 4 heteroatoms. The van der Waals surface area contributed by atoms with Gasteiger partial charge in [-0.15, -0.1) is 0 Å². The van der Waals surface area contributed by atoms with Gasteiger partial charge in [-0.1, -0.05) is 20.3 Å². The fourth-order valence-corrected chi connectivity index (χ4v) is 3.79. The summed E-state index contributed by atoms with van der Waals surface area (Å²) in [5, 5.41) is 3.41. The van der Waals surface area contributed by atoms with Crippen molar-refractivity contribution in [1.82, 2.24) is 14.9 Å². The molecule has 2 heterocycles. The SMILES string of the molecule is CCC1CCC(n2cncc2C2CNCCO2)C1C. The lowest BCUT2D eigenvalue weighted by molar-refractivity contribution is 0.0214. The average Bonchev–Trinajstić information content (AvgIpc) is 3.05. The first-order valence-electron chi connectivity index (χ1n) is 7.65. The number of hydrogen-bond donors (Lipinski definition) is 1. The van der Waals surface area contributed by atoms with E-state index in [1.54, 1.807) is 0 Å². The zero-order valence-electron chi connectivity index (χ0n) is 12.0. The van der Waals surface area contributed by atoms with Gasteiger partial charge in [-0.2, -0.15) is 0 Å². The number of nitrogens with one attached hydrogen (secondary N) is 1. The molecule has 2 aliphatic rings. The van der Waals surface area contributed by atoms with Gasteiger partial charge < -0.3 is 14.6 Å². The van der Waals surface area contributed by atoms with Gasteiger partial charge in [0.25, 0.3) is 0 Å². The summed E-state index contributed by atoms with van der Waals surface area (Å²) in [4.78, 5) is 4.38. The molecular weight excluding hydrogens is 238 g/mol. The Kier molecular flexibility index (Phi) is 3.89. The Morgan fingerprint density at radius 3 is 3.05 bits per heavy atom. The highest BCUT2D eigenvalue weighted by Gasteiger charge is 2.34. The number of ether oxygens (including phenoxy) is 1. The smallest absolute Gasteiger partial charge is 0.111 e. The van der Waals surface area contributed by atoms with E-state index in [0.29, 0.717) is 6.04 Å². The minimum absolute atomic E-state index is 0.170. The van der Waals surface area contributed by atoms with Crippen LogP contribution in [-0.2, 0) is 4.74 Å². The highest BCUT2D eigenvalue weighted by Crippen LogP contribution is 2.42. The van der Waals surface area contributed by atoms with E-state index in [9.17, 15) is 0 Å². The van der Waals surface area contributed by atoms with Gasteiger partial charge in [0.05, 0.1) is 24.8 Å². The molecule has 4 nitrogen and oxygen atoms in total. The third-order valence-electron chi connectivity index (χ3n) is 5.02. The van der Waals surface area contributed by atoms with E-state index in [1.165, 1.54) is 25.0 Å². The number of hydrogen-bond acceptors (Lipinski definition) is 3. The van der Waals surface area contributed by atoms with Crippen molar-refractivity contribution in [3.8, 4) is 0 Å². The van der Waals surface area contributed by atoms with Crippen molar-refractivity contribution >= 4 is 0 Å². The minimum Gasteiger partial charge on any atom is -0.369 e. The Balaban J connectivity index is 1.80. The average molecular weight is 263 g/mol. The maximum Gasteiger partial charge on any atom is 0.111 e. The van der Waals surface area contributed by atoms with Crippen LogP contribution >= 0.6 is 0 Å². The molecule has 3 rings (SSSR count). The molecule has 1 aromatic rings. The lowest BCUT2D eigenvalue weighted by Crippen LogP contribution is -2.34. The summed E-state index contributed by atoms with van der Waals surface area (Å²) in [6.07, 6.45) is 8.09. The van der Waals surface area contributed by atoms with E-state index in [4.69, 9.17) is 4.74 Å². The summed E-state index contributed by atoms with van der Waals surface area (Å²) in [5.41, 5.74) is 1.25. The Bertz CT molecular complexity index is 411. The lowest BCUT2D eigenvalue weighted by atomic mass is 9.93. The van der Waals surface area contributed by atoms with Gasteiger partial charge in [0, 0.05) is 19.1 Å². The van der Waals surface area contributed by atoms with Crippen LogP contribution in [0.4, 0.5) is 0 Å². The van der Waals surface area contributed by atoms with Crippen molar-refractivity contribution in [3.63, 3.8) is 0 Å². The highest BCUT2D eigenvalue weighted by atomic mass is 16.5. The fourth-order valence-electron chi connectivity index (χ4n) is 3.79. The molecule has 19 heavy (non-hydrogen) atoms. The fraction of sp³-hybridized carbons (Fsp3) is 0.800. The highest BCUT2D eigenvalue weighted by molar-refractivity contribution is 5.08. The van der Waals surface area contributed by atoms with Crippen molar-refractivity contribution < 1.29 is 4.74 Å². The summed E-state index contributed by atoms with van der Waals surface area (Å²) < 4.78 is 8.27. The van der Waals surface area contributed by atoms with Crippen LogP contribution in [0.3, 0.4) is 0 Å². The van der Waals surface area contributed by atoms with Crippen LogP contribution in [0, 0.1) is 11.8 Å². The third-order valence-corrected chi connectivity index (χ3v) is 5.02. The second-order valence-electron chi connectivity index (χ2n) is 5.96. The second-order valence-corrected chi connectivity index (χ2v) is 5.96.